The van der Waals surface area contributed by atoms with Gasteiger partial charge in [0.25, 0.3) is 0 Å². The Hall–Kier alpha value is -8.41. The summed E-state index contributed by atoms with van der Waals surface area (Å²) in [6.07, 6.45) is 0. The second kappa shape index (κ2) is 14.7. The number of para-hydroxylation sites is 3. The van der Waals surface area contributed by atoms with Gasteiger partial charge in [0, 0.05) is 49.6 Å². The van der Waals surface area contributed by atoms with Gasteiger partial charge < -0.3 is 9.13 Å². The molecule has 0 unspecified atom stereocenters. The third-order valence-electron chi connectivity index (χ3n) is 12.0. The van der Waals surface area contributed by atoms with Crippen LogP contribution in [-0.2, 0) is 0 Å². The molecular formula is C57H37N5. The molecule has 12 aromatic rings. The highest BCUT2D eigenvalue weighted by atomic mass is 15.1. The van der Waals surface area contributed by atoms with Crippen molar-refractivity contribution in [2.75, 3.05) is 0 Å². The quantitative estimate of drug-likeness (QED) is 0.162. The van der Waals surface area contributed by atoms with Gasteiger partial charge in [-0.2, -0.15) is 0 Å². The summed E-state index contributed by atoms with van der Waals surface area (Å²) in [6.45, 7) is 0. The molecule has 5 heteroatoms. The van der Waals surface area contributed by atoms with Crippen LogP contribution in [0.15, 0.2) is 224 Å². The predicted octanol–water partition coefficient (Wildman–Crippen LogP) is 14.4. The van der Waals surface area contributed by atoms with Crippen molar-refractivity contribution in [2.45, 2.75) is 0 Å². The molecule has 0 N–H and O–H groups in total. The van der Waals surface area contributed by atoms with Crippen molar-refractivity contribution in [1.29, 1.82) is 0 Å². The molecule has 0 atom stereocenters. The fourth-order valence-electron chi connectivity index (χ4n) is 9.02. The van der Waals surface area contributed by atoms with Gasteiger partial charge in [-0.15, -0.1) is 0 Å². The first-order chi connectivity index (χ1) is 30.7. The predicted molar refractivity (Wildman–Crippen MR) is 256 cm³/mol. The van der Waals surface area contributed by atoms with E-state index < -0.39 is 0 Å². The zero-order valence-corrected chi connectivity index (χ0v) is 33.6. The van der Waals surface area contributed by atoms with Crippen molar-refractivity contribution in [3.05, 3.63) is 224 Å². The van der Waals surface area contributed by atoms with Gasteiger partial charge in [0.1, 0.15) is 0 Å². The molecule has 0 saturated heterocycles. The number of aromatic nitrogens is 5. The lowest BCUT2D eigenvalue weighted by atomic mass is 10.0. The maximum absolute atomic E-state index is 5.14. The van der Waals surface area contributed by atoms with Crippen molar-refractivity contribution >= 4 is 43.6 Å². The second-order valence-corrected chi connectivity index (χ2v) is 15.6. The standard InChI is InChI=1S/C57H37N5/c1-4-14-38(15-5-1)40-24-28-42(29-25-40)55-58-56(43-30-26-41(27-31-43)39-16-6-2-7-17-39)60-57(59-55)44-32-34-46(35-33-44)62-52-23-13-11-21-48(52)50-37-36-49-47-20-10-12-22-51(47)61(53(49)54(50)62)45-18-8-3-9-19-45/h1-37H. The summed E-state index contributed by atoms with van der Waals surface area (Å²) < 4.78 is 4.84. The monoisotopic (exact) mass is 791 g/mol. The van der Waals surface area contributed by atoms with E-state index in [0.717, 1.165) is 44.7 Å². The number of hydrogen-bond donors (Lipinski definition) is 0. The molecule has 9 aromatic carbocycles. The summed E-state index contributed by atoms with van der Waals surface area (Å²) in [7, 11) is 0. The molecule has 0 radical (unpaired) electrons. The first kappa shape index (κ1) is 35.5. The van der Waals surface area contributed by atoms with Gasteiger partial charge in [0.05, 0.1) is 22.1 Å². The van der Waals surface area contributed by atoms with E-state index in [-0.39, 0.29) is 0 Å². The fraction of sp³-hybridized carbons (Fsp3) is 0. The Balaban J connectivity index is 1.02. The normalized spacial score (nSPS) is 11.5. The molecule has 0 spiro atoms. The first-order valence-electron chi connectivity index (χ1n) is 20.9. The number of benzene rings is 9. The number of fused-ring (bicyclic) bond motifs is 7. The lowest BCUT2D eigenvalue weighted by molar-refractivity contribution is 1.07. The molecule has 290 valence electrons. The smallest absolute Gasteiger partial charge is 0.164 e. The van der Waals surface area contributed by atoms with Crippen molar-refractivity contribution in [2.24, 2.45) is 0 Å². The minimum absolute atomic E-state index is 0.615. The van der Waals surface area contributed by atoms with Crippen molar-refractivity contribution < 1.29 is 0 Å². The highest BCUT2D eigenvalue weighted by Crippen LogP contribution is 2.42. The molecule has 0 aliphatic carbocycles. The molecule has 0 fully saturated rings. The van der Waals surface area contributed by atoms with Crippen molar-refractivity contribution in [3.8, 4) is 67.8 Å². The van der Waals surface area contributed by atoms with E-state index in [1.54, 1.807) is 0 Å². The summed E-state index contributed by atoms with van der Waals surface area (Å²) in [5.41, 5.74) is 14.2. The summed E-state index contributed by atoms with van der Waals surface area (Å²) in [5.74, 6) is 1.86. The largest absolute Gasteiger partial charge is 0.307 e. The van der Waals surface area contributed by atoms with Crippen LogP contribution in [0.1, 0.15) is 0 Å². The molecule has 5 nitrogen and oxygen atoms in total. The lowest BCUT2D eigenvalue weighted by Crippen LogP contribution is -2.01. The Kier molecular flexibility index (Phi) is 8.42. The summed E-state index contributed by atoms with van der Waals surface area (Å²) >= 11 is 0. The fourth-order valence-corrected chi connectivity index (χ4v) is 9.02. The van der Waals surface area contributed by atoms with E-state index in [1.807, 2.05) is 12.1 Å². The molecule has 12 rings (SSSR count). The van der Waals surface area contributed by atoms with Gasteiger partial charge in [-0.3, -0.25) is 0 Å². The van der Waals surface area contributed by atoms with Crippen molar-refractivity contribution in [3.63, 3.8) is 0 Å². The molecule has 0 amide bonds. The van der Waals surface area contributed by atoms with Gasteiger partial charge in [0.15, 0.2) is 17.5 Å². The van der Waals surface area contributed by atoms with Crippen LogP contribution >= 0.6 is 0 Å². The van der Waals surface area contributed by atoms with Crippen LogP contribution < -0.4 is 0 Å². The van der Waals surface area contributed by atoms with E-state index in [9.17, 15) is 0 Å². The Morgan fingerprint density at radius 2 is 0.532 bits per heavy atom. The third kappa shape index (κ3) is 5.98. The minimum Gasteiger partial charge on any atom is -0.307 e. The van der Waals surface area contributed by atoms with Crippen LogP contribution in [0.2, 0.25) is 0 Å². The zero-order chi connectivity index (χ0) is 41.0. The number of rotatable bonds is 7. The molecule has 3 heterocycles. The van der Waals surface area contributed by atoms with E-state index in [2.05, 4.69) is 221 Å². The SMILES string of the molecule is c1ccc(-c2ccc(-c3nc(-c4ccc(-c5ccccc5)cc4)nc(-c4ccc(-n5c6ccccc6c6ccc7c8ccccc8n(-c8ccccc8)c7c65)cc4)n3)cc2)cc1. The average Bonchev–Trinajstić information content (AvgIpc) is 3.88. The molecule has 0 saturated carbocycles. The topological polar surface area (TPSA) is 48.5 Å². The average molecular weight is 792 g/mol. The van der Waals surface area contributed by atoms with Crippen molar-refractivity contribution in [1.82, 2.24) is 24.1 Å². The Morgan fingerprint density at radius 3 is 0.952 bits per heavy atom. The van der Waals surface area contributed by atoms with Crippen LogP contribution in [0.3, 0.4) is 0 Å². The molecule has 0 bridgehead atoms. The first-order valence-corrected chi connectivity index (χ1v) is 20.9. The molecule has 3 aromatic heterocycles. The Morgan fingerprint density at radius 1 is 0.226 bits per heavy atom. The highest BCUT2D eigenvalue weighted by Gasteiger charge is 2.21. The Labute approximate surface area is 358 Å². The van der Waals surface area contributed by atoms with Crippen LogP contribution in [0.4, 0.5) is 0 Å². The van der Waals surface area contributed by atoms with Gasteiger partial charge in [-0.1, -0.05) is 176 Å². The van der Waals surface area contributed by atoms with Gasteiger partial charge in [-0.25, -0.2) is 15.0 Å². The Bertz CT molecular complexity index is 3470. The van der Waals surface area contributed by atoms with E-state index in [1.165, 1.54) is 49.2 Å². The molecule has 0 aliphatic heterocycles. The van der Waals surface area contributed by atoms with E-state index in [4.69, 9.17) is 15.0 Å². The van der Waals surface area contributed by atoms with Gasteiger partial charge in [-0.05, 0) is 70.8 Å². The summed E-state index contributed by atoms with van der Waals surface area (Å²) in [4.78, 5) is 15.4. The van der Waals surface area contributed by atoms with Gasteiger partial charge in [0.2, 0.25) is 0 Å². The van der Waals surface area contributed by atoms with Crippen LogP contribution in [0.25, 0.3) is 111 Å². The second-order valence-electron chi connectivity index (χ2n) is 15.6. The van der Waals surface area contributed by atoms with E-state index in [0.29, 0.717) is 17.5 Å². The third-order valence-corrected chi connectivity index (χ3v) is 12.0. The number of hydrogen-bond acceptors (Lipinski definition) is 3. The van der Waals surface area contributed by atoms with E-state index >= 15 is 0 Å². The molecular weight excluding hydrogens is 755 g/mol. The molecule has 62 heavy (non-hydrogen) atoms. The van der Waals surface area contributed by atoms with Gasteiger partial charge >= 0.3 is 0 Å². The lowest BCUT2D eigenvalue weighted by Gasteiger charge is -2.13. The molecule has 0 aliphatic rings. The summed E-state index contributed by atoms with van der Waals surface area (Å²) in [6, 6.07) is 79.2. The maximum Gasteiger partial charge on any atom is 0.164 e. The highest BCUT2D eigenvalue weighted by molar-refractivity contribution is 6.23. The maximum atomic E-state index is 5.14. The summed E-state index contributed by atoms with van der Waals surface area (Å²) in [5, 5.41) is 4.87. The number of nitrogens with zero attached hydrogens (tertiary/aromatic N) is 5. The van der Waals surface area contributed by atoms with Crippen LogP contribution in [0.5, 0.6) is 0 Å². The van der Waals surface area contributed by atoms with Crippen LogP contribution in [-0.4, -0.2) is 24.1 Å². The minimum atomic E-state index is 0.615. The van der Waals surface area contributed by atoms with Crippen LogP contribution in [0, 0.1) is 0 Å². The zero-order valence-electron chi connectivity index (χ0n) is 33.6.